The van der Waals surface area contributed by atoms with E-state index < -0.39 is 0 Å². The van der Waals surface area contributed by atoms with E-state index in [1.54, 1.807) is 18.5 Å². The van der Waals surface area contributed by atoms with E-state index in [0.717, 1.165) is 17.8 Å². The fourth-order valence-corrected chi connectivity index (χ4v) is 2.22. The normalized spacial score (nSPS) is 12.2. The highest BCUT2D eigenvalue weighted by Crippen LogP contribution is 2.27. The molecule has 20 heavy (non-hydrogen) atoms. The Morgan fingerprint density at radius 2 is 1.95 bits per heavy atom. The van der Waals surface area contributed by atoms with Gasteiger partial charge in [0.15, 0.2) is 0 Å². The lowest BCUT2D eigenvalue weighted by atomic mass is 10.0. The number of anilines is 1. The van der Waals surface area contributed by atoms with E-state index in [2.05, 4.69) is 15.2 Å². The fourth-order valence-electron chi connectivity index (χ4n) is 2.22. The highest BCUT2D eigenvalue weighted by atomic mass is 19.1. The van der Waals surface area contributed by atoms with Crippen molar-refractivity contribution >= 4 is 5.69 Å². The Kier molecular flexibility index (Phi) is 4.69. The van der Waals surface area contributed by atoms with Gasteiger partial charge in [0.05, 0.1) is 0 Å². The van der Waals surface area contributed by atoms with E-state index in [-0.39, 0.29) is 11.9 Å². The van der Waals surface area contributed by atoms with Crippen LogP contribution >= 0.6 is 0 Å². The minimum atomic E-state index is -0.205. The first-order valence-corrected chi connectivity index (χ1v) is 6.68. The summed E-state index contributed by atoms with van der Waals surface area (Å²) in [5.41, 5.74) is 3.17. The van der Waals surface area contributed by atoms with Crippen molar-refractivity contribution in [3.05, 3.63) is 59.7 Å². The van der Waals surface area contributed by atoms with Crippen molar-refractivity contribution in [2.24, 2.45) is 0 Å². The molecule has 1 aromatic carbocycles. The third kappa shape index (κ3) is 3.33. The number of nitrogens with one attached hydrogen (secondary N) is 1. The lowest BCUT2D eigenvalue weighted by Crippen LogP contribution is -2.21. The molecule has 0 radical (unpaired) electrons. The number of pyridine rings is 1. The van der Waals surface area contributed by atoms with Crippen LogP contribution in [0.15, 0.2) is 42.7 Å². The molecule has 0 aliphatic heterocycles. The van der Waals surface area contributed by atoms with Crippen molar-refractivity contribution in [2.75, 3.05) is 19.0 Å². The van der Waals surface area contributed by atoms with Crippen molar-refractivity contribution in [3.8, 4) is 0 Å². The summed E-state index contributed by atoms with van der Waals surface area (Å²) in [5, 5.41) is 3.16. The molecule has 0 saturated carbocycles. The molecule has 3 nitrogen and oxygen atoms in total. The van der Waals surface area contributed by atoms with Crippen LogP contribution < -0.4 is 10.2 Å². The fraction of sp³-hybridized carbons (Fsp3) is 0.312. The van der Waals surface area contributed by atoms with E-state index in [4.69, 9.17) is 0 Å². The molecule has 0 fully saturated rings. The van der Waals surface area contributed by atoms with Gasteiger partial charge >= 0.3 is 0 Å². The number of hydrogen-bond donors (Lipinski definition) is 1. The first kappa shape index (κ1) is 14.5. The van der Waals surface area contributed by atoms with Gasteiger partial charge in [-0.05, 0) is 55.4 Å². The quantitative estimate of drug-likeness (QED) is 0.907. The molecule has 0 amide bonds. The van der Waals surface area contributed by atoms with Crippen LogP contribution in [0.2, 0.25) is 0 Å². The second-order valence-corrected chi connectivity index (χ2v) is 4.93. The predicted molar refractivity (Wildman–Crippen MR) is 80.2 cm³/mol. The molecular formula is C16H20FN3. The summed E-state index contributed by atoms with van der Waals surface area (Å²) in [6.45, 7) is 2.79. The smallest absolute Gasteiger partial charge is 0.123 e. The van der Waals surface area contributed by atoms with Gasteiger partial charge in [0.1, 0.15) is 5.82 Å². The van der Waals surface area contributed by atoms with Gasteiger partial charge in [-0.25, -0.2) is 4.39 Å². The largest absolute Gasteiger partial charge is 0.370 e. The molecule has 1 heterocycles. The van der Waals surface area contributed by atoms with E-state index in [0.29, 0.717) is 0 Å². The second kappa shape index (κ2) is 6.48. The first-order valence-electron chi connectivity index (χ1n) is 6.68. The van der Waals surface area contributed by atoms with E-state index in [1.807, 2.05) is 39.2 Å². The summed E-state index contributed by atoms with van der Waals surface area (Å²) in [4.78, 5) is 6.14. The van der Waals surface area contributed by atoms with Crippen LogP contribution in [0.4, 0.5) is 10.1 Å². The molecule has 0 spiro atoms. The van der Waals surface area contributed by atoms with Crippen molar-refractivity contribution < 1.29 is 4.39 Å². The minimum absolute atomic E-state index is 0.0978. The summed E-state index contributed by atoms with van der Waals surface area (Å²) in [6, 6.07) is 9.01. The summed E-state index contributed by atoms with van der Waals surface area (Å²) in [5.74, 6) is -0.205. The molecule has 0 aliphatic carbocycles. The molecule has 0 bridgehead atoms. The Bertz CT molecular complexity index is 557. The van der Waals surface area contributed by atoms with Crippen LogP contribution in [-0.2, 0) is 6.54 Å². The Hall–Kier alpha value is -1.94. The van der Waals surface area contributed by atoms with Crippen LogP contribution in [-0.4, -0.2) is 19.1 Å². The molecule has 1 unspecified atom stereocenters. The van der Waals surface area contributed by atoms with E-state index in [9.17, 15) is 4.39 Å². The monoisotopic (exact) mass is 273 g/mol. The number of hydrogen-bond acceptors (Lipinski definition) is 3. The number of aromatic nitrogens is 1. The van der Waals surface area contributed by atoms with Gasteiger partial charge in [-0.3, -0.25) is 4.98 Å². The predicted octanol–water partition coefficient (Wildman–Crippen LogP) is 3.14. The van der Waals surface area contributed by atoms with Crippen molar-refractivity contribution in [1.29, 1.82) is 0 Å². The Balaban J connectivity index is 2.27. The molecule has 0 saturated heterocycles. The molecule has 0 aliphatic rings. The average molecular weight is 273 g/mol. The summed E-state index contributed by atoms with van der Waals surface area (Å²) < 4.78 is 13.5. The SMILES string of the molecule is CNC(C)c1cc(F)ccc1N(C)Cc1ccncc1. The minimum Gasteiger partial charge on any atom is -0.370 e. The lowest BCUT2D eigenvalue weighted by Gasteiger charge is -2.25. The van der Waals surface area contributed by atoms with Gasteiger partial charge in [0, 0.05) is 37.7 Å². The van der Waals surface area contributed by atoms with Crippen LogP contribution in [0, 0.1) is 5.82 Å². The highest BCUT2D eigenvalue weighted by Gasteiger charge is 2.13. The maximum atomic E-state index is 13.5. The van der Waals surface area contributed by atoms with Crippen molar-refractivity contribution in [1.82, 2.24) is 10.3 Å². The van der Waals surface area contributed by atoms with Gasteiger partial charge in [-0.15, -0.1) is 0 Å². The molecule has 1 aromatic heterocycles. The van der Waals surface area contributed by atoms with Gasteiger partial charge < -0.3 is 10.2 Å². The van der Waals surface area contributed by atoms with Crippen LogP contribution in [0.5, 0.6) is 0 Å². The van der Waals surface area contributed by atoms with Crippen LogP contribution in [0.3, 0.4) is 0 Å². The number of rotatable bonds is 5. The topological polar surface area (TPSA) is 28.2 Å². The van der Waals surface area contributed by atoms with Gasteiger partial charge in [-0.2, -0.15) is 0 Å². The average Bonchev–Trinajstić information content (AvgIpc) is 2.47. The Labute approximate surface area is 119 Å². The van der Waals surface area contributed by atoms with Crippen LogP contribution in [0.1, 0.15) is 24.1 Å². The van der Waals surface area contributed by atoms with E-state index >= 15 is 0 Å². The number of nitrogens with zero attached hydrogens (tertiary/aromatic N) is 2. The zero-order chi connectivity index (χ0) is 14.5. The third-order valence-electron chi connectivity index (χ3n) is 3.47. The van der Waals surface area contributed by atoms with Crippen molar-refractivity contribution in [3.63, 3.8) is 0 Å². The third-order valence-corrected chi connectivity index (χ3v) is 3.47. The highest BCUT2D eigenvalue weighted by molar-refractivity contribution is 5.55. The van der Waals surface area contributed by atoms with Gasteiger partial charge in [0.25, 0.3) is 0 Å². The van der Waals surface area contributed by atoms with Crippen LogP contribution in [0.25, 0.3) is 0 Å². The summed E-state index contributed by atoms with van der Waals surface area (Å²) >= 11 is 0. The standard InChI is InChI=1S/C16H20FN3/c1-12(18-2)15-10-14(17)4-5-16(15)20(3)11-13-6-8-19-9-7-13/h4-10,12,18H,11H2,1-3H3. The number of benzene rings is 1. The molecular weight excluding hydrogens is 253 g/mol. The zero-order valence-corrected chi connectivity index (χ0v) is 12.1. The number of halogens is 1. The first-order chi connectivity index (χ1) is 9.61. The molecule has 4 heteroatoms. The zero-order valence-electron chi connectivity index (χ0n) is 12.1. The Morgan fingerprint density at radius 1 is 1.25 bits per heavy atom. The Morgan fingerprint density at radius 3 is 2.60 bits per heavy atom. The van der Waals surface area contributed by atoms with Gasteiger partial charge in [0.2, 0.25) is 0 Å². The molecule has 1 atom stereocenters. The van der Waals surface area contributed by atoms with E-state index in [1.165, 1.54) is 11.6 Å². The maximum absolute atomic E-state index is 13.5. The maximum Gasteiger partial charge on any atom is 0.123 e. The molecule has 2 aromatic rings. The second-order valence-electron chi connectivity index (χ2n) is 4.93. The lowest BCUT2D eigenvalue weighted by molar-refractivity contribution is 0.607. The summed E-state index contributed by atoms with van der Waals surface area (Å²) in [7, 11) is 3.89. The van der Waals surface area contributed by atoms with Gasteiger partial charge in [-0.1, -0.05) is 0 Å². The molecule has 2 rings (SSSR count). The molecule has 1 N–H and O–H groups in total. The van der Waals surface area contributed by atoms with Crippen molar-refractivity contribution in [2.45, 2.75) is 19.5 Å². The summed E-state index contributed by atoms with van der Waals surface area (Å²) in [6.07, 6.45) is 3.57. The molecule has 106 valence electrons.